The Morgan fingerprint density at radius 2 is 1.52 bits per heavy atom. The molecule has 1 aromatic rings. The molecule has 0 aromatic heterocycles. The average Bonchev–Trinajstić information content (AvgIpc) is 2.48. The van der Waals surface area contributed by atoms with Crippen LogP contribution in [-0.2, 0) is 30.6 Å². The van der Waals surface area contributed by atoms with Crippen LogP contribution in [-0.4, -0.2) is 27.9 Å². The number of aromatic hydroxyl groups is 1. The van der Waals surface area contributed by atoms with Crippen LogP contribution in [0.25, 0.3) is 0 Å². The molecule has 0 heterocycles. The zero-order chi connectivity index (χ0) is 19.1. The van der Waals surface area contributed by atoms with Crippen LogP contribution >= 0.6 is 23.5 Å². The number of aryl methyl sites for hydroxylation is 1. The second-order valence-electron chi connectivity index (χ2n) is 5.78. The maximum atomic E-state index is 11.0. The van der Waals surface area contributed by atoms with Gasteiger partial charge >= 0.3 is 11.9 Å². The SMILES string of the molecule is CC(=O)OC(C)SCc1cc(C)c(O)c(CSC(C)OC(C)=O)c1C. The monoisotopic (exact) mass is 386 g/mol. The van der Waals surface area contributed by atoms with Crippen LogP contribution in [0.15, 0.2) is 6.07 Å². The minimum Gasteiger partial charge on any atom is -0.507 e. The van der Waals surface area contributed by atoms with Crippen molar-refractivity contribution in [2.75, 3.05) is 0 Å². The van der Waals surface area contributed by atoms with Crippen molar-refractivity contribution in [2.45, 2.75) is 63.9 Å². The molecule has 2 atom stereocenters. The molecular formula is C18H26O5S2. The van der Waals surface area contributed by atoms with E-state index in [2.05, 4.69) is 0 Å². The van der Waals surface area contributed by atoms with E-state index in [0.29, 0.717) is 11.5 Å². The third-order valence-electron chi connectivity index (χ3n) is 3.58. The molecule has 1 rings (SSSR count). The first-order chi connectivity index (χ1) is 11.6. The number of thioether (sulfide) groups is 2. The van der Waals surface area contributed by atoms with Gasteiger partial charge in [-0.3, -0.25) is 9.59 Å². The summed E-state index contributed by atoms with van der Waals surface area (Å²) in [6.07, 6.45) is 0. The fourth-order valence-corrected chi connectivity index (χ4v) is 4.19. The van der Waals surface area contributed by atoms with Crippen molar-refractivity contribution in [3.63, 3.8) is 0 Å². The van der Waals surface area contributed by atoms with Gasteiger partial charge in [-0.2, -0.15) is 0 Å². The van der Waals surface area contributed by atoms with E-state index in [1.165, 1.54) is 37.4 Å². The molecule has 1 aromatic carbocycles. The fraction of sp³-hybridized carbons (Fsp3) is 0.556. The number of benzene rings is 1. The molecule has 0 aliphatic heterocycles. The van der Waals surface area contributed by atoms with Crippen LogP contribution in [0.5, 0.6) is 5.75 Å². The first-order valence-electron chi connectivity index (χ1n) is 8.00. The van der Waals surface area contributed by atoms with Gasteiger partial charge in [0.15, 0.2) is 0 Å². The Balaban J connectivity index is 2.86. The molecule has 5 nitrogen and oxygen atoms in total. The van der Waals surface area contributed by atoms with Crippen LogP contribution in [0, 0.1) is 13.8 Å². The van der Waals surface area contributed by atoms with Gasteiger partial charge in [0.25, 0.3) is 0 Å². The maximum Gasteiger partial charge on any atom is 0.303 e. The summed E-state index contributed by atoms with van der Waals surface area (Å²) in [5.74, 6) is 0.891. The Kier molecular flexibility index (Phi) is 8.65. The molecule has 0 bridgehead atoms. The Morgan fingerprint density at radius 1 is 1.04 bits per heavy atom. The Hall–Kier alpha value is -1.34. The number of esters is 2. The normalized spacial score (nSPS) is 13.2. The third kappa shape index (κ3) is 7.20. The van der Waals surface area contributed by atoms with Crippen LogP contribution in [0.4, 0.5) is 0 Å². The van der Waals surface area contributed by atoms with E-state index in [-0.39, 0.29) is 28.6 Å². The molecule has 0 saturated heterocycles. The summed E-state index contributed by atoms with van der Waals surface area (Å²) in [7, 11) is 0. The standard InChI is InChI=1S/C18H26O5S2/c1-10-7-16(8-24-14(5)22-12(3)19)11(2)17(18(10)21)9-25-15(6)23-13(4)20/h7,14-15,21H,8-9H2,1-6H3. The van der Waals surface area contributed by atoms with Crippen LogP contribution in [0.3, 0.4) is 0 Å². The van der Waals surface area contributed by atoms with Crippen molar-refractivity contribution in [3.8, 4) is 5.75 Å². The summed E-state index contributed by atoms with van der Waals surface area (Å²) in [4.78, 5) is 22.0. The van der Waals surface area contributed by atoms with E-state index in [9.17, 15) is 14.7 Å². The van der Waals surface area contributed by atoms with Gasteiger partial charge in [0.2, 0.25) is 0 Å². The lowest BCUT2D eigenvalue weighted by molar-refractivity contribution is -0.142. The van der Waals surface area contributed by atoms with Crippen LogP contribution < -0.4 is 0 Å². The molecule has 0 radical (unpaired) electrons. The summed E-state index contributed by atoms with van der Waals surface area (Å²) in [5.41, 5.74) is 3.24. The number of phenolic OH excluding ortho intramolecular Hbond substituents is 1. The molecule has 2 unspecified atom stereocenters. The maximum absolute atomic E-state index is 11.0. The molecule has 0 amide bonds. The summed E-state index contributed by atoms with van der Waals surface area (Å²) < 4.78 is 10.3. The molecule has 0 aliphatic rings. The summed E-state index contributed by atoms with van der Waals surface area (Å²) >= 11 is 2.98. The van der Waals surface area contributed by atoms with E-state index in [4.69, 9.17) is 9.47 Å². The van der Waals surface area contributed by atoms with E-state index >= 15 is 0 Å². The van der Waals surface area contributed by atoms with Crippen LogP contribution in [0.1, 0.15) is 49.9 Å². The van der Waals surface area contributed by atoms with Crippen molar-refractivity contribution in [3.05, 3.63) is 28.3 Å². The highest BCUT2D eigenvalue weighted by Gasteiger charge is 2.16. The van der Waals surface area contributed by atoms with E-state index in [0.717, 1.165) is 22.3 Å². The van der Waals surface area contributed by atoms with Gasteiger partial charge in [0, 0.05) is 30.9 Å². The highest BCUT2D eigenvalue weighted by molar-refractivity contribution is 7.99. The van der Waals surface area contributed by atoms with Gasteiger partial charge in [0.05, 0.1) is 0 Å². The number of hydrogen-bond donors (Lipinski definition) is 1. The second-order valence-corrected chi connectivity index (χ2v) is 8.35. The number of carbonyl (C=O) groups excluding carboxylic acids is 2. The Bertz CT molecular complexity index is 630. The highest BCUT2D eigenvalue weighted by Crippen LogP contribution is 2.34. The van der Waals surface area contributed by atoms with Gasteiger partial charge in [-0.15, -0.1) is 23.5 Å². The van der Waals surface area contributed by atoms with Gasteiger partial charge in [-0.25, -0.2) is 0 Å². The zero-order valence-corrected chi connectivity index (χ0v) is 17.2. The molecular weight excluding hydrogens is 360 g/mol. The molecule has 0 saturated carbocycles. The molecule has 1 N–H and O–H groups in total. The van der Waals surface area contributed by atoms with Gasteiger partial charge in [-0.1, -0.05) is 6.07 Å². The molecule has 0 spiro atoms. The van der Waals surface area contributed by atoms with Crippen molar-refractivity contribution >= 4 is 35.5 Å². The highest BCUT2D eigenvalue weighted by atomic mass is 32.2. The first kappa shape index (κ1) is 21.7. The number of phenols is 1. The van der Waals surface area contributed by atoms with Crippen molar-refractivity contribution in [1.82, 2.24) is 0 Å². The van der Waals surface area contributed by atoms with Crippen molar-refractivity contribution in [1.29, 1.82) is 0 Å². The van der Waals surface area contributed by atoms with E-state index in [1.807, 2.05) is 33.8 Å². The molecule has 25 heavy (non-hydrogen) atoms. The largest absolute Gasteiger partial charge is 0.507 e. The third-order valence-corrected chi connectivity index (χ3v) is 5.65. The lowest BCUT2D eigenvalue weighted by Gasteiger charge is -2.18. The minimum absolute atomic E-state index is 0.229. The van der Waals surface area contributed by atoms with Crippen molar-refractivity contribution in [2.24, 2.45) is 0 Å². The smallest absolute Gasteiger partial charge is 0.303 e. The molecule has 0 aliphatic carbocycles. The summed E-state index contributed by atoms with van der Waals surface area (Å²) in [5, 5.41) is 10.4. The van der Waals surface area contributed by atoms with Crippen LogP contribution in [0.2, 0.25) is 0 Å². The van der Waals surface area contributed by atoms with E-state index < -0.39 is 0 Å². The topological polar surface area (TPSA) is 72.8 Å². The number of rotatable bonds is 8. The summed E-state index contributed by atoms with van der Waals surface area (Å²) in [6, 6.07) is 1.96. The number of carbonyl (C=O) groups is 2. The fourth-order valence-electron chi connectivity index (χ4n) is 2.32. The Labute approximate surface area is 157 Å². The molecule has 7 heteroatoms. The number of hydrogen-bond acceptors (Lipinski definition) is 7. The average molecular weight is 387 g/mol. The van der Waals surface area contributed by atoms with Gasteiger partial charge < -0.3 is 14.6 Å². The quantitative estimate of drug-likeness (QED) is 0.527. The Morgan fingerprint density at radius 3 is 2.00 bits per heavy atom. The minimum atomic E-state index is -0.318. The van der Waals surface area contributed by atoms with Crippen molar-refractivity contribution < 1.29 is 24.2 Å². The molecule has 0 fully saturated rings. The predicted octanol–water partition coefficient (Wildman–Crippen LogP) is 4.29. The first-order valence-corrected chi connectivity index (χ1v) is 10.1. The predicted molar refractivity (Wildman–Crippen MR) is 103 cm³/mol. The number of ether oxygens (including phenoxy) is 2. The van der Waals surface area contributed by atoms with E-state index in [1.54, 1.807) is 0 Å². The van der Waals surface area contributed by atoms with Gasteiger partial charge in [0.1, 0.15) is 16.6 Å². The zero-order valence-electron chi connectivity index (χ0n) is 15.5. The second kappa shape index (κ2) is 9.97. The lowest BCUT2D eigenvalue weighted by Crippen LogP contribution is -2.09. The summed E-state index contributed by atoms with van der Waals surface area (Å²) in [6.45, 7) is 10.3. The molecule has 140 valence electrons. The van der Waals surface area contributed by atoms with Gasteiger partial charge in [-0.05, 0) is 44.4 Å². The lowest BCUT2D eigenvalue weighted by atomic mass is 10.00.